The predicted octanol–water partition coefficient (Wildman–Crippen LogP) is 4.04. The third kappa shape index (κ3) is 3.85. The van der Waals surface area contributed by atoms with Crippen molar-refractivity contribution in [3.63, 3.8) is 0 Å². The number of fused-ring (bicyclic) bond motifs is 1. The van der Waals surface area contributed by atoms with Crippen molar-refractivity contribution in [1.29, 1.82) is 0 Å². The number of benzene rings is 2. The molecule has 0 heterocycles. The largest absolute Gasteiger partial charge is 0.481 e. The van der Waals surface area contributed by atoms with E-state index in [1.807, 2.05) is 0 Å². The molecule has 4 nitrogen and oxygen atoms in total. The highest BCUT2D eigenvalue weighted by atomic mass is 19.3. The van der Waals surface area contributed by atoms with E-state index in [9.17, 15) is 22.4 Å². The van der Waals surface area contributed by atoms with Crippen LogP contribution in [0, 0.1) is 0 Å². The van der Waals surface area contributed by atoms with E-state index < -0.39 is 24.9 Å². The summed E-state index contributed by atoms with van der Waals surface area (Å²) in [7, 11) is 0. The van der Waals surface area contributed by atoms with Crippen LogP contribution in [0.3, 0.4) is 0 Å². The SMILES string of the molecule is N.O=C(O)C(c1ccc2cc(OC(F)F)ccc2c1)C(F)F. The van der Waals surface area contributed by atoms with Crippen LogP contribution in [-0.4, -0.2) is 24.1 Å². The first-order valence-electron chi connectivity index (χ1n) is 5.88. The molecule has 4 N–H and O–H groups in total. The fourth-order valence-electron chi connectivity index (χ4n) is 2.01. The van der Waals surface area contributed by atoms with Gasteiger partial charge in [0.15, 0.2) is 0 Å². The van der Waals surface area contributed by atoms with Gasteiger partial charge in [-0.05, 0) is 28.5 Å². The van der Waals surface area contributed by atoms with E-state index in [1.54, 1.807) is 0 Å². The zero-order chi connectivity index (χ0) is 15.6. The van der Waals surface area contributed by atoms with Gasteiger partial charge < -0.3 is 16.0 Å². The van der Waals surface area contributed by atoms with Crippen LogP contribution in [0.25, 0.3) is 10.8 Å². The molecule has 0 saturated heterocycles. The molecule has 0 bridgehead atoms. The smallest absolute Gasteiger partial charge is 0.387 e. The number of aliphatic carboxylic acids is 1. The van der Waals surface area contributed by atoms with Crippen LogP contribution in [0.1, 0.15) is 11.5 Å². The minimum atomic E-state index is -3.04. The van der Waals surface area contributed by atoms with Crippen molar-refractivity contribution in [2.24, 2.45) is 0 Å². The van der Waals surface area contributed by atoms with Gasteiger partial charge in [0, 0.05) is 0 Å². The van der Waals surface area contributed by atoms with Crippen LogP contribution in [0.15, 0.2) is 36.4 Å². The summed E-state index contributed by atoms with van der Waals surface area (Å²) < 4.78 is 53.9. The number of halogens is 4. The average Bonchev–Trinajstić information content (AvgIpc) is 2.37. The quantitative estimate of drug-likeness (QED) is 0.815. The summed E-state index contributed by atoms with van der Waals surface area (Å²) in [5.74, 6) is -3.61. The molecule has 1 atom stereocenters. The maximum absolute atomic E-state index is 12.8. The maximum Gasteiger partial charge on any atom is 0.387 e. The Morgan fingerprint density at radius 3 is 2.14 bits per heavy atom. The van der Waals surface area contributed by atoms with E-state index in [-0.39, 0.29) is 17.5 Å². The van der Waals surface area contributed by atoms with Crippen LogP contribution in [0.4, 0.5) is 17.6 Å². The van der Waals surface area contributed by atoms with Crippen molar-refractivity contribution in [3.05, 3.63) is 42.0 Å². The molecule has 120 valence electrons. The van der Waals surface area contributed by atoms with Gasteiger partial charge in [-0.2, -0.15) is 8.78 Å². The van der Waals surface area contributed by atoms with Gasteiger partial charge in [-0.1, -0.05) is 24.3 Å². The summed E-state index contributed by atoms with van der Waals surface area (Å²) in [6, 6.07) is 7.91. The van der Waals surface area contributed by atoms with Gasteiger partial charge >= 0.3 is 12.6 Å². The zero-order valence-corrected chi connectivity index (χ0v) is 11.2. The van der Waals surface area contributed by atoms with Crippen molar-refractivity contribution in [2.45, 2.75) is 19.0 Å². The second kappa shape index (κ2) is 7.08. The normalized spacial score (nSPS) is 12.3. The lowest BCUT2D eigenvalue weighted by atomic mass is 9.96. The number of carbonyl (C=O) groups is 1. The first-order valence-corrected chi connectivity index (χ1v) is 5.88. The lowest BCUT2D eigenvalue weighted by molar-refractivity contribution is -0.142. The van der Waals surface area contributed by atoms with Crippen molar-refractivity contribution in [3.8, 4) is 5.75 Å². The van der Waals surface area contributed by atoms with Gasteiger partial charge in [-0.3, -0.25) is 4.79 Å². The second-order valence-corrected chi connectivity index (χ2v) is 4.30. The molecule has 0 aliphatic rings. The number of carboxylic acids is 1. The summed E-state index contributed by atoms with van der Waals surface area (Å²) in [5, 5.41) is 9.77. The number of hydrogen-bond donors (Lipinski definition) is 2. The van der Waals surface area contributed by atoms with Crippen molar-refractivity contribution >= 4 is 16.7 Å². The number of alkyl halides is 4. The Hall–Kier alpha value is -2.35. The molecular weight excluding hydrogens is 306 g/mol. The lowest BCUT2D eigenvalue weighted by Gasteiger charge is -2.13. The number of ether oxygens (including phenoxy) is 1. The Morgan fingerprint density at radius 2 is 1.59 bits per heavy atom. The van der Waals surface area contributed by atoms with E-state index in [0.717, 1.165) is 0 Å². The van der Waals surface area contributed by atoms with E-state index in [0.29, 0.717) is 10.8 Å². The Morgan fingerprint density at radius 1 is 1.00 bits per heavy atom. The number of carboxylic acid groups (broad SMARTS) is 1. The standard InChI is InChI=1S/C14H10F4O3.H3N/c15-12(16)11(13(19)20)9-2-1-8-6-10(21-14(17)18)4-3-7(8)5-9;/h1-6,11-12,14H,(H,19,20);1H3. The topological polar surface area (TPSA) is 81.5 Å². The third-order valence-electron chi connectivity index (χ3n) is 2.94. The highest BCUT2D eigenvalue weighted by Gasteiger charge is 2.29. The molecule has 0 aliphatic heterocycles. The molecule has 0 fully saturated rings. The van der Waals surface area contributed by atoms with Gasteiger partial charge in [0.2, 0.25) is 0 Å². The van der Waals surface area contributed by atoms with Gasteiger partial charge in [0.25, 0.3) is 6.43 Å². The number of rotatable bonds is 5. The molecule has 0 aromatic heterocycles. The molecule has 0 saturated carbocycles. The Kier molecular flexibility index (Phi) is 5.69. The highest BCUT2D eigenvalue weighted by molar-refractivity contribution is 5.86. The van der Waals surface area contributed by atoms with Gasteiger partial charge in [-0.15, -0.1) is 0 Å². The maximum atomic E-state index is 12.8. The molecule has 2 aromatic carbocycles. The van der Waals surface area contributed by atoms with Crippen LogP contribution in [0.5, 0.6) is 5.75 Å². The summed E-state index contributed by atoms with van der Waals surface area (Å²) in [6.07, 6.45) is -3.04. The molecule has 0 aliphatic carbocycles. The van der Waals surface area contributed by atoms with Crippen LogP contribution in [-0.2, 0) is 4.79 Å². The first-order chi connectivity index (χ1) is 9.88. The Bertz CT molecular complexity index is 664. The lowest BCUT2D eigenvalue weighted by Crippen LogP contribution is -2.19. The molecular formula is C14H13F4NO3. The molecule has 22 heavy (non-hydrogen) atoms. The van der Waals surface area contributed by atoms with Crippen molar-refractivity contribution < 1.29 is 32.2 Å². The fourth-order valence-corrected chi connectivity index (χ4v) is 2.01. The van der Waals surface area contributed by atoms with E-state index in [1.165, 1.54) is 36.4 Å². The molecule has 1 unspecified atom stereocenters. The fraction of sp³-hybridized carbons (Fsp3) is 0.214. The first kappa shape index (κ1) is 17.7. The minimum Gasteiger partial charge on any atom is -0.481 e. The molecule has 2 rings (SSSR count). The van der Waals surface area contributed by atoms with Crippen LogP contribution < -0.4 is 10.9 Å². The van der Waals surface area contributed by atoms with Crippen LogP contribution in [0.2, 0.25) is 0 Å². The predicted molar refractivity (Wildman–Crippen MR) is 72.0 cm³/mol. The zero-order valence-electron chi connectivity index (χ0n) is 11.2. The molecule has 2 aromatic rings. The van der Waals surface area contributed by atoms with Crippen molar-refractivity contribution in [2.75, 3.05) is 0 Å². The monoisotopic (exact) mass is 319 g/mol. The summed E-state index contributed by atoms with van der Waals surface area (Å²) in [4.78, 5) is 10.9. The highest BCUT2D eigenvalue weighted by Crippen LogP contribution is 2.29. The summed E-state index contributed by atoms with van der Waals surface area (Å²) >= 11 is 0. The van der Waals surface area contributed by atoms with E-state index in [4.69, 9.17) is 5.11 Å². The molecule has 0 radical (unpaired) electrons. The van der Waals surface area contributed by atoms with Crippen LogP contribution >= 0.6 is 0 Å². The average molecular weight is 319 g/mol. The third-order valence-corrected chi connectivity index (χ3v) is 2.94. The number of hydrogen-bond acceptors (Lipinski definition) is 3. The van der Waals surface area contributed by atoms with E-state index >= 15 is 0 Å². The Labute approximate surface area is 122 Å². The minimum absolute atomic E-state index is 0. The summed E-state index contributed by atoms with van der Waals surface area (Å²) in [5.41, 5.74) is -0.0486. The summed E-state index contributed by atoms with van der Waals surface area (Å²) in [6.45, 7) is -2.96. The molecule has 0 amide bonds. The van der Waals surface area contributed by atoms with Gasteiger partial charge in [0.1, 0.15) is 11.7 Å². The Balaban J connectivity index is 0.00000242. The van der Waals surface area contributed by atoms with Gasteiger partial charge in [-0.25, -0.2) is 8.78 Å². The van der Waals surface area contributed by atoms with E-state index in [2.05, 4.69) is 4.74 Å². The molecule has 0 spiro atoms. The van der Waals surface area contributed by atoms with Gasteiger partial charge in [0.05, 0.1) is 0 Å². The molecule has 8 heteroatoms. The van der Waals surface area contributed by atoms with Crippen molar-refractivity contribution in [1.82, 2.24) is 6.15 Å². The second-order valence-electron chi connectivity index (χ2n) is 4.30.